The van der Waals surface area contributed by atoms with E-state index in [1.807, 2.05) is 6.08 Å². The number of halogens is 5. The first-order chi connectivity index (χ1) is 12.8. The van der Waals surface area contributed by atoms with E-state index in [9.17, 15) is 22.0 Å². The average molecular weight is 388 g/mol. The van der Waals surface area contributed by atoms with Crippen molar-refractivity contribution in [2.45, 2.75) is 64.1 Å². The van der Waals surface area contributed by atoms with Crippen molar-refractivity contribution in [3.63, 3.8) is 0 Å². The van der Waals surface area contributed by atoms with E-state index in [2.05, 4.69) is 11.3 Å². The summed E-state index contributed by atoms with van der Waals surface area (Å²) in [4.78, 5) is 0. The lowest BCUT2D eigenvalue weighted by Gasteiger charge is -2.36. The van der Waals surface area contributed by atoms with Gasteiger partial charge in [0.1, 0.15) is 0 Å². The highest BCUT2D eigenvalue weighted by Crippen LogP contribution is 2.43. The minimum atomic E-state index is -5.11. The Balaban J connectivity index is 1.68. The van der Waals surface area contributed by atoms with Gasteiger partial charge in [0.25, 0.3) is 0 Å². The summed E-state index contributed by atoms with van der Waals surface area (Å²) in [6.45, 7) is 3.76. The van der Waals surface area contributed by atoms with E-state index in [0.29, 0.717) is 30.2 Å². The number of hydrogen-bond donors (Lipinski definition) is 0. The van der Waals surface area contributed by atoms with Gasteiger partial charge in [-0.1, -0.05) is 18.9 Å². The van der Waals surface area contributed by atoms with E-state index in [1.54, 1.807) is 0 Å². The molecule has 27 heavy (non-hydrogen) atoms. The van der Waals surface area contributed by atoms with Crippen molar-refractivity contribution >= 4 is 0 Å². The Morgan fingerprint density at radius 1 is 1.07 bits per heavy atom. The van der Waals surface area contributed by atoms with Gasteiger partial charge in [0.05, 0.1) is 0 Å². The fourth-order valence-corrected chi connectivity index (χ4v) is 4.77. The van der Waals surface area contributed by atoms with Crippen LogP contribution in [0.4, 0.5) is 22.0 Å². The van der Waals surface area contributed by atoms with Gasteiger partial charge >= 0.3 is 6.36 Å². The summed E-state index contributed by atoms with van der Waals surface area (Å²) in [7, 11) is 0. The van der Waals surface area contributed by atoms with E-state index >= 15 is 0 Å². The molecule has 0 aromatic heterocycles. The van der Waals surface area contributed by atoms with E-state index in [4.69, 9.17) is 0 Å². The van der Waals surface area contributed by atoms with Gasteiger partial charge < -0.3 is 4.74 Å². The molecule has 1 aromatic rings. The van der Waals surface area contributed by atoms with Gasteiger partial charge in [-0.15, -0.1) is 19.8 Å². The molecule has 0 aliphatic heterocycles. The Labute approximate surface area is 156 Å². The van der Waals surface area contributed by atoms with Crippen LogP contribution in [0, 0.1) is 29.4 Å². The fraction of sp³-hybridized carbons (Fsp3) is 0.619. The first-order valence-electron chi connectivity index (χ1n) is 9.65. The van der Waals surface area contributed by atoms with E-state index < -0.39 is 23.7 Å². The third-order valence-electron chi connectivity index (χ3n) is 6.17. The van der Waals surface area contributed by atoms with Gasteiger partial charge in [-0.3, -0.25) is 0 Å². The maximum Gasteiger partial charge on any atom is 0.573 e. The van der Waals surface area contributed by atoms with Crippen molar-refractivity contribution in [2.75, 3.05) is 0 Å². The van der Waals surface area contributed by atoms with Gasteiger partial charge in [-0.05, 0) is 79.9 Å². The Kier molecular flexibility index (Phi) is 6.11. The molecule has 0 spiro atoms. The molecule has 1 aromatic carbocycles. The molecule has 2 aliphatic carbocycles. The third-order valence-corrected chi connectivity index (χ3v) is 6.17. The van der Waals surface area contributed by atoms with Crippen molar-refractivity contribution in [3.8, 4) is 5.75 Å². The molecule has 1 unspecified atom stereocenters. The Morgan fingerprint density at radius 2 is 1.78 bits per heavy atom. The van der Waals surface area contributed by atoms with Crippen LogP contribution in [-0.2, 0) is 12.8 Å². The van der Waals surface area contributed by atoms with Crippen molar-refractivity contribution in [1.29, 1.82) is 0 Å². The molecule has 0 radical (unpaired) electrons. The zero-order valence-corrected chi connectivity index (χ0v) is 15.3. The van der Waals surface area contributed by atoms with E-state index in [0.717, 1.165) is 37.7 Å². The number of alkyl halides is 3. The summed E-state index contributed by atoms with van der Waals surface area (Å²) >= 11 is 0. The predicted molar refractivity (Wildman–Crippen MR) is 93.4 cm³/mol. The van der Waals surface area contributed by atoms with Crippen LogP contribution in [-0.4, -0.2) is 6.36 Å². The first kappa shape index (κ1) is 20.2. The van der Waals surface area contributed by atoms with Gasteiger partial charge in [0.15, 0.2) is 11.6 Å². The van der Waals surface area contributed by atoms with Crippen LogP contribution in [0.25, 0.3) is 0 Å². The second-order valence-electron chi connectivity index (χ2n) is 7.84. The molecule has 1 saturated carbocycles. The van der Waals surface area contributed by atoms with Crippen molar-refractivity contribution in [2.24, 2.45) is 17.8 Å². The number of benzene rings is 1. The molecular formula is C21H25F5O. The largest absolute Gasteiger partial charge is 0.573 e. The summed E-state index contributed by atoms with van der Waals surface area (Å²) < 4.78 is 69.2. The standard InChI is InChI=1S/C21H25F5O/c1-2-3-4-13-5-7-14(8-6-13)15-9-10-17-16(11-15)12-18(22)20(19(17)23)27-21(24,25)26/h2,12-15H,1,3-11H2. The van der Waals surface area contributed by atoms with Gasteiger partial charge in [-0.25, -0.2) is 8.78 Å². The molecule has 2 aliphatic rings. The molecule has 1 atom stereocenters. The zero-order valence-electron chi connectivity index (χ0n) is 15.3. The predicted octanol–water partition coefficient (Wildman–Crippen LogP) is 6.74. The summed E-state index contributed by atoms with van der Waals surface area (Å²) in [6.07, 6.45) is 5.18. The molecule has 150 valence electrons. The second-order valence-corrected chi connectivity index (χ2v) is 7.84. The summed E-state index contributed by atoms with van der Waals surface area (Å²) in [6, 6.07) is 1.03. The van der Waals surface area contributed by atoms with Crippen molar-refractivity contribution in [3.05, 3.63) is 41.5 Å². The van der Waals surface area contributed by atoms with Gasteiger partial charge in [0.2, 0.25) is 5.75 Å². The van der Waals surface area contributed by atoms with Crippen molar-refractivity contribution in [1.82, 2.24) is 0 Å². The topological polar surface area (TPSA) is 9.23 Å². The molecule has 0 amide bonds. The number of rotatable bonds is 5. The van der Waals surface area contributed by atoms with Crippen LogP contribution < -0.4 is 4.74 Å². The molecule has 3 rings (SSSR count). The minimum Gasteiger partial charge on any atom is -0.399 e. The maximum atomic E-state index is 14.4. The molecule has 0 saturated heterocycles. The van der Waals surface area contributed by atoms with Crippen LogP contribution in [0.15, 0.2) is 18.7 Å². The lowest BCUT2D eigenvalue weighted by molar-refractivity contribution is -0.276. The van der Waals surface area contributed by atoms with Crippen LogP contribution in [0.5, 0.6) is 5.75 Å². The van der Waals surface area contributed by atoms with Crippen molar-refractivity contribution < 1.29 is 26.7 Å². The summed E-state index contributed by atoms with van der Waals surface area (Å²) in [5, 5.41) is 0. The molecule has 6 heteroatoms. The number of hydrogen-bond acceptors (Lipinski definition) is 1. The highest BCUT2D eigenvalue weighted by molar-refractivity contribution is 5.41. The van der Waals surface area contributed by atoms with E-state index in [-0.39, 0.29) is 5.56 Å². The number of allylic oxidation sites excluding steroid dienone is 1. The highest BCUT2D eigenvalue weighted by atomic mass is 19.4. The summed E-state index contributed by atoms with van der Waals surface area (Å²) in [5.74, 6) is -2.22. The number of ether oxygens (including phenoxy) is 1. The monoisotopic (exact) mass is 388 g/mol. The molecule has 1 fully saturated rings. The van der Waals surface area contributed by atoms with Crippen LogP contribution in [0.2, 0.25) is 0 Å². The SMILES string of the molecule is C=CCCC1CCC(C2CCc3c(cc(F)c(OC(F)(F)F)c3F)C2)CC1. The maximum absolute atomic E-state index is 14.4. The second kappa shape index (κ2) is 8.19. The Morgan fingerprint density at radius 3 is 2.41 bits per heavy atom. The molecular weight excluding hydrogens is 363 g/mol. The molecule has 0 N–H and O–H groups in total. The highest BCUT2D eigenvalue weighted by Gasteiger charge is 2.37. The quantitative estimate of drug-likeness (QED) is 0.401. The van der Waals surface area contributed by atoms with Crippen LogP contribution in [0.3, 0.4) is 0 Å². The zero-order chi connectivity index (χ0) is 19.6. The number of fused-ring (bicyclic) bond motifs is 1. The van der Waals surface area contributed by atoms with Gasteiger partial charge in [-0.2, -0.15) is 0 Å². The molecule has 1 nitrogen and oxygen atoms in total. The molecule has 0 heterocycles. The van der Waals surface area contributed by atoms with Crippen LogP contribution in [0.1, 0.15) is 56.1 Å². The first-order valence-corrected chi connectivity index (χ1v) is 9.65. The van der Waals surface area contributed by atoms with E-state index in [1.165, 1.54) is 19.3 Å². The minimum absolute atomic E-state index is 0.173. The Bertz CT molecular complexity index is 674. The summed E-state index contributed by atoms with van der Waals surface area (Å²) in [5.41, 5.74) is 0.663. The molecule has 0 bridgehead atoms. The smallest absolute Gasteiger partial charge is 0.399 e. The van der Waals surface area contributed by atoms with Gasteiger partial charge in [0, 0.05) is 0 Å². The lowest BCUT2D eigenvalue weighted by atomic mass is 9.69. The normalized spacial score (nSPS) is 25.7. The van der Waals surface area contributed by atoms with Crippen LogP contribution >= 0.6 is 0 Å². The lowest BCUT2D eigenvalue weighted by Crippen LogP contribution is -2.27. The fourth-order valence-electron chi connectivity index (χ4n) is 4.77. The third kappa shape index (κ3) is 4.82. The Hall–Kier alpha value is -1.59. The average Bonchev–Trinajstić information content (AvgIpc) is 2.62.